The van der Waals surface area contributed by atoms with Crippen LogP contribution in [-0.2, 0) is 28.8 Å². The fraction of sp³-hybridized carbons (Fsp3) is 0.774. The molecule has 2 heterocycles. The standard InChI is InChI=1S/C31H54N8O7/c1-8-15(3)24(33-7)23(42)11-19(14-40)28(44)39-26-17(5)10-22(41)25(16(4)9-2)38-29(45)21(12-20-13-34-31(32)36-20)37-27(43)18(6)35-30(26)46/h15-21,24-26,33,40H,8-14H2,1-7H3,(H,35,46)(H,37,43)(H,38,45)(H,39,44)(H3,32,34,36)/t15-,16-,17+,18-,19-,20-,21-,24-,25-,26+/m0/s1. The van der Waals surface area contributed by atoms with Crippen molar-refractivity contribution in [2.45, 2.75) is 110 Å². The van der Waals surface area contributed by atoms with Crippen molar-refractivity contribution in [2.24, 2.45) is 34.4 Å². The Balaban J connectivity index is 2.36. The summed E-state index contributed by atoms with van der Waals surface area (Å²) in [7, 11) is 1.66. The van der Waals surface area contributed by atoms with E-state index in [4.69, 9.17) is 5.73 Å². The zero-order chi connectivity index (χ0) is 34.7. The maximum Gasteiger partial charge on any atom is 0.243 e. The first kappa shape index (κ1) is 38.6. The van der Waals surface area contributed by atoms with E-state index in [2.05, 4.69) is 36.9 Å². The normalized spacial score (nSPS) is 28.8. The number of aliphatic hydroxyl groups excluding tert-OH is 1. The summed E-state index contributed by atoms with van der Waals surface area (Å²) in [6, 6.07) is -5.21. The van der Waals surface area contributed by atoms with Gasteiger partial charge in [0.25, 0.3) is 0 Å². The topological polar surface area (TPSA) is 233 Å². The van der Waals surface area contributed by atoms with Gasteiger partial charge in [-0.05, 0) is 38.1 Å². The van der Waals surface area contributed by atoms with Crippen LogP contribution in [0.25, 0.3) is 0 Å². The van der Waals surface area contributed by atoms with Gasteiger partial charge in [-0.25, -0.2) is 0 Å². The highest BCUT2D eigenvalue weighted by molar-refractivity contribution is 5.97. The molecule has 1 fully saturated rings. The third kappa shape index (κ3) is 10.5. The number of hydrogen-bond donors (Lipinski definition) is 8. The number of nitrogens with one attached hydrogen (secondary N) is 6. The maximum absolute atomic E-state index is 13.7. The number of carbonyl (C=O) groups excluding carboxylic acids is 6. The quantitative estimate of drug-likeness (QED) is 0.115. The van der Waals surface area contributed by atoms with Gasteiger partial charge in [0.2, 0.25) is 23.6 Å². The highest BCUT2D eigenvalue weighted by atomic mass is 16.3. The largest absolute Gasteiger partial charge is 0.396 e. The lowest BCUT2D eigenvalue weighted by Gasteiger charge is -2.29. The van der Waals surface area contributed by atoms with E-state index in [9.17, 15) is 33.9 Å². The Morgan fingerprint density at radius 3 is 2.22 bits per heavy atom. The van der Waals surface area contributed by atoms with Crippen LogP contribution in [0.5, 0.6) is 0 Å². The first-order valence-corrected chi connectivity index (χ1v) is 16.3. The van der Waals surface area contributed by atoms with Crippen LogP contribution in [0.1, 0.15) is 73.6 Å². The molecule has 2 aliphatic heterocycles. The molecule has 0 unspecified atom stereocenters. The van der Waals surface area contributed by atoms with Gasteiger partial charge in [-0.3, -0.25) is 33.8 Å². The van der Waals surface area contributed by atoms with E-state index >= 15 is 0 Å². The summed E-state index contributed by atoms with van der Waals surface area (Å²) < 4.78 is 0. The number of aliphatic hydroxyl groups is 1. The van der Waals surface area contributed by atoms with Crippen LogP contribution in [0.3, 0.4) is 0 Å². The number of aliphatic imine (C=N–C) groups is 1. The van der Waals surface area contributed by atoms with Gasteiger partial charge in [-0.15, -0.1) is 0 Å². The molecule has 0 spiro atoms. The maximum atomic E-state index is 13.7. The highest BCUT2D eigenvalue weighted by Crippen LogP contribution is 2.19. The number of ketones is 2. The zero-order valence-corrected chi connectivity index (χ0v) is 28.1. The molecule has 15 nitrogen and oxygen atoms in total. The van der Waals surface area contributed by atoms with E-state index in [1.54, 1.807) is 14.0 Å². The van der Waals surface area contributed by atoms with E-state index in [0.29, 0.717) is 13.0 Å². The minimum absolute atomic E-state index is 0.000758. The number of nitrogens with two attached hydrogens (primary N) is 1. The summed E-state index contributed by atoms with van der Waals surface area (Å²) in [5.41, 5.74) is 5.73. The van der Waals surface area contributed by atoms with Gasteiger partial charge < -0.3 is 42.7 Å². The van der Waals surface area contributed by atoms with Crippen LogP contribution >= 0.6 is 0 Å². The smallest absolute Gasteiger partial charge is 0.243 e. The molecule has 0 saturated carbocycles. The molecule has 0 aromatic rings. The molecule has 15 heteroatoms. The van der Waals surface area contributed by atoms with Gasteiger partial charge >= 0.3 is 0 Å². The number of Topliss-reactive ketones (excluding diaryl/α,β-unsaturated/α-hetero) is 2. The van der Waals surface area contributed by atoms with Crippen molar-refractivity contribution in [3.05, 3.63) is 0 Å². The van der Waals surface area contributed by atoms with E-state index < -0.39 is 72.3 Å². The minimum atomic E-state index is -1.28. The van der Waals surface area contributed by atoms with Crippen molar-refractivity contribution in [1.29, 1.82) is 0 Å². The Bertz CT molecular complexity index is 1150. The zero-order valence-electron chi connectivity index (χ0n) is 28.1. The second kappa shape index (κ2) is 17.9. The first-order valence-electron chi connectivity index (χ1n) is 16.3. The lowest BCUT2D eigenvalue weighted by atomic mass is 9.86. The van der Waals surface area contributed by atoms with Gasteiger partial charge in [0, 0.05) is 12.8 Å². The molecule has 4 amide bonds. The summed E-state index contributed by atoms with van der Waals surface area (Å²) >= 11 is 0. The van der Waals surface area contributed by atoms with Crippen molar-refractivity contribution in [3.63, 3.8) is 0 Å². The number of carbonyl (C=O) groups is 6. The minimum Gasteiger partial charge on any atom is -0.396 e. The average Bonchev–Trinajstić information content (AvgIpc) is 3.43. The number of amides is 4. The Kier molecular flexibility index (Phi) is 15.0. The number of hydrogen-bond acceptors (Lipinski definition) is 11. The molecule has 10 atom stereocenters. The van der Waals surface area contributed by atoms with Crippen molar-refractivity contribution in [2.75, 3.05) is 20.2 Å². The third-order valence-corrected chi connectivity index (χ3v) is 9.18. The summed E-state index contributed by atoms with van der Waals surface area (Å²) in [6.45, 7) is 10.3. The molecule has 2 aliphatic rings. The molecule has 2 rings (SSSR count). The molecule has 9 N–H and O–H groups in total. The molecular weight excluding hydrogens is 596 g/mol. The molecule has 1 saturated heterocycles. The number of nitrogens with zero attached hydrogens (tertiary/aromatic N) is 1. The molecule has 0 aromatic carbocycles. The fourth-order valence-corrected chi connectivity index (χ4v) is 5.76. The molecule has 0 bridgehead atoms. The van der Waals surface area contributed by atoms with E-state index in [-0.39, 0.29) is 54.7 Å². The van der Waals surface area contributed by atoms with E-state index in [1.165, 1.54) is 6.92 Å². The Morgan fingerprint density at radius 2 is 1.67 bits per heavy atom. The van der Waals surface area contributed by atoms with Gasteiger partial charge in [0.1, 0.15) is 18.1 Å². The lowest BCUT2D eigenvalue weighted by Crippen LogP contribution is -2.58. The predicted octanol–water partition coefficient (Wildman–Crippen LogP) is -1.52. The van der Waals surface area contributed by atoms with E-state index in [0.717, 1.165) is 6.42 Å². The van der Waals surface area contributed by atoms with Gasteiger partial charge in [0.05, 0.1) is 37.2 Å². The number of guanidine groups is 1. The van der Waals surface area contributed by atoms with Crippen molar-refractivity contribution < 1.29 is 33.9 Å². The van der Waals surface area contributed by atoms with Gasteiger partial charge in [-0.1, -0.05) is 47.5 Å². The number of rotatable bonds is 13. The van der Waals surface area contributed by atoms with Crippen LogP contribution in [0, 0.1) is 23.7 Å². The molecule has 46 heavy (non-hydrogen) atoms. The second-order valence-electron chi connectivity index (χ2n) is 12.8. The van der Waals surface area contributed by atoms with Crippen molar-refractivity contribution in [3.8, 4) is 0 Å². The highest BCUT2D eigenvalue weighted by Gasteiger charge is 2.38. The first-order chi connectivity index (χ1) is 21.7. The summed E-state index contributed by atoms with van der Waals surface area (Å²) in [5, 5.41) is 26.7. The molecule has 0 aliphatic carbocycles. The van der Waals surface area contributed by atoms with Crippen LogP contribution in [0.4, 0.5) is 0 Å². The van der Waals surface area contributed by atoms with Crippen LogP contribution < -0.4 is 37.6 Å². The average molecular weight is 651 g/mol. The van der Waals surface area contributed by atoms with Gasteiger partial charge in [0.15, 0.2) is 17.5 Å². The second-order valence-corrected chi connectivity index (χ2v) is 12.8. The number of likely N-dealkylation sites (N-methyl/N-ethyl adjacent to an activating group) is 1. The molecule has 0 radical (unpaired) electrons. The third-order valence-electron chi connectivity index (χ3n) is 9.18. The fourth-order valence-electron chi connectivity index (χ4n) is 5.76. The Labute approximate surface area is 271 Å². The Morgan fingerprint density at radius 1 is 1.00 bits per heavy atom. The van der Waals surface area contributed by atoms with Gasteiger partial charge in [-0.2, -0.15) is 0 Å². The SMILES string of the molecule is CC[C@H](C)[C@H](NC)C(=O)C[C@@H](CO)C(=O)N[C@H]1C(=O)N[C@@H](C)C(=O)N[C@@H](C[C@H]2CN=C(N)N2)C(=O)N[C@@H]([C@@H](C)CC)C(=O)C[C@H]1C. The van der Waals surface area contributed by atoms with Crippen LogP contribution in [0.15, 0.2) is 4.99 Å². The lowest BCUT2D eigenvalue weighted by molar-refractivity contribution is -0.137. The molecule has 0 aromatic heterocycles. The monoisotopic (exact) mass is 650 g/mol. The van der Waals surface area contributed by atoms with Crippen LogP contribution in [-0.4, -0.2) is 103 Å². The molecule has 260 valence electrons. The van der Waals surface area contributed by atoms with Crippen LogP contribution in [0.2, 0.25) is 0 Å². The summed E-state index contributed by atoms with van der Waals surface area (Å²) in [4.78, 5) is 84.5. The molecular formula is C31H54N8O7. The predicted molar refractivity (Wildman–Crippen MR) is 172 cm³/mol. The van der Waals surface area contributed by atoms with E-state index in [1.807, 2.05) is 27.7 Å². The summed E-state index contributed by atoms with van der Waals surface area (Å²) in [5.74, 6) is -5.19. The Hall–Kier alpha value is -3.59. The van der Waals surface area contributed by atoms with Crippen molar-refractivity contribution in [1.82, 2.24) is 31.9 Å². The van der Waals surface area contributed by atoms with Crippen molar-refractivity contribution >= 4 is 41.2 Å². The summed E-state index contributed by atoms with van der Waals surface area (Å²) in [6.07, 6.45) is 0.985.